The predicted octanol–water partition coefficient (Wildman–Crippen LogP) is 0.0712. The molecule has 0 aliphatic heterocycles. The van der Waals surface area contributed by atoms with Crippen LogP contribution in [-0.2, 0) is 4.79 Å². The molecule has 0 saturated carbocycles. The van der Waals surface area contributed by atoms with E-state index in [4.69, 9.17) is 11.5 Å². The topological polar surface area (TPSA) is 98.2 Å². The molecule has 0 aliphatic carbocycles. The quantitative estimate of drug-likeness (QED) is 0.654. The summed E-state index contributed by atoms with van der Waals surface area (Å²) in [5, 5.41) is 2.53. The molecule has 0 radical (unpaired) electrons. The number of amides is 2. The Morgan fingerprint density at radius 1 is 1.33 bits per heavy atom. The van der Waals surface area contributed by atoms with Gasteiger partial charge < -0.3 is 16.8 Å². The summed E-state index contributed by atoms with van der Waals surface area (Å²) in [6.45, 7) is 1.56. The molecule has 0 unspecified atom stereocenters. The molecule has 1 aromatic carbocycles. The molecule has 2 amide bonds. The molecule has 0 bridgehead atoms. The molecule has 5 N–H and O–H groups in total. The molecular weight excluding hydrogens is 194 g/mol. The fraction of sp³-hybridized carbons (Fsp3) is 0.200. The maximum atomic E-state index is 11.3. The van der Waals surface area contributed by atoms with E-state index in [2.05, 4.69) is 5.32 Å². The van der Waals surface area contributed by atoms with Gasteiger partial charge in [-0.25, -0.2) is 0 Å². The lowest BCUT2D eigenvalue weighted by Gasteiger charge is -2.10. The Hall–Kier alpha value is -1.88. The van der Waals surface area contributed by atoms with Crippen LogP contribution in [0.5, 0.6) is 0 Å². The molecule has 5 nitrogen and oxygen atoms in total. The minimum absolute atomic E-state index is 0.270. The zero-order chi connectivity index (χ0) is 11.4. The summed E-state index contributed by atoms with van der Waals surface area (Å²) in [4.78, 5) is 22.3. The standard InChI is InChI=1S/C10H13N3O2/c1-6(11)10(15)13-8-5-3-2-4-7(8)9(12)14/h2-6H,11H2,1H3,(H2,12,14)(H,13,15)/t6-/m0/s1. The van der Waals surface area contributed by atoms with E-state index in [-0.39, 0.29) is 11.5 Å². The maximum absolute atomic E-state index is 11.3. The summed E-state index contributed by atoms with van der Waals surface area (Å²) in [6, 6.07) is 5.87. The second-order valence-corrected chi connectivity index (χ2v) is 3.19. The lowest BCUT2D eigenvalue weighted by molar-refractivity contribution is -0.117. The summed E-state index contributed by atoms with van der Waals surface area (Å²) in [7, 11) is 0. The van der Waals surface area contributed by atoms with Gasteiger partial charge in [-0.05, 0) is 19.1 Å². The second-order valence-electron chi connectivity index (χ2n) is 3.19. The first kappa shape index (κ1) is 11.2. The van der Waals surface area contributed by atoms with Crippen LogP contribution in [0.15, 0.2) is 24.3 Å². The Bertz CT molecular complexity index is 388. The summed E-state index contributed by atoms with van der Waals surface area (Å²) in [6.07, 6.45) is 0. The van der Waals surface area contributed by atoms with Gasteiger partial charge in [-0.2, -0.15) is 0 Å². The predicted molar refractivity (Wildman–Crippen MR) is 57.2 cm³/mol. The molecule has 15 heavy (non-hydrogen) atoms. The largest absolute Gasteiger partial charge is 0.366 e. The Morgan fingerprint density at radius 2 is 1.93 bits per heavy atom. The number of hydrogen-bond donors (Lipinski definition) is 3. The van der Waals surface area contributed by atoms with E-state index in [0.29, 0.717) is 5.69 Å². The summed E-state index contributed by atoms with van der Waals surface area (Å²) < 4.78 is 0. The molecule has 80 valence electrons. The van der Waals surface area contributed by atoms with Crippen molar-refractivity contribution >= 4 is 17.5 Å². The highest BCUT2D eigenvalue weighted by molar-refractivity contribution is 6.03. The van der Waals surface area contributed by atoms with E-state index in [9.17, 15) is 9.59 Å². The number of carbonyl (C=O) groups is 2. The van der Waals surface area contributed by atoms with Crippen LogP contribution >= 0.6 is 0 Å². The third-order valence-electron chi connectivity index (χ3n) is 1.86. The number of hydrogen-bond acceptors (Lipinski definition) is 3. The molecule has 0 heterocycles. The van der Waals surface area contributed by atoms with Crippen molar-refractivity contribution in [3.8, 4) is 0 Å². The monoisotopic (exact) mass is 207 g/mol. The Kier molecular flexibility index (Phi) is 3.41. The van der Waals surface area contributed by atoms with Crippen molar-refractivity contribution in [3.63, 3.8) is 0 Å². The van der Waals surface area contributed by atoms with Gasteiger partial charge in [-0.1, -0.05) is 12.1 Å². The van der Waals surface area contributed by atoms with E-state index in [1.165, 1.54) is 0 Å². The molecular formula is C10H13N3O2. The number of rotatable bonds is 3. The van der Waals surface area contributed by atoms with Crippen LogP contribution in [0.2, 0.25) is 0 Å². The lowest BCUT2D eigenvalue weighted by Crippen LogP contribution is -2.33. The summed E-state index contributed by atoms with van der Waals surface area (Å²) in [5.74, 6) is -0.945. The molecule has 1 rings (SSSR count). The van der Waals surface area contributed by atoms with E-state index in [0.717, 1.165) is 0 Å². The van der Waals surface area contributed by atoms with E-state index in [1.54, 1.807) is 31.2 Å². The first-order valence-electron chi connectivity index (χ1n) is 4.47. The summed E-state index contributed by atoms with van der Waals surface area (Å²) >= 11 is 0. The van der Waals surface area contributed by atoms with E-state index in [1.807, 2.05) is 0 Å². The average Bonchev–Trinajstić information content (AvgIpc) is 2.18. The highest BCUT2D eigenvalue weighted by Gasteiger charge is 2.12. The van der Waals surface area contributed by atoms with Gasteiger partial charge in [-0.15, -0.1) is 0 Å². The van der Waals surface area contributed by atoms with Crippen molar-refractivity contribution in [2.45, 2.75) is 13.0 Å². The first-order valence-corrected chi connectivity index (χ1v) is 4.47. The van der Waals surface area contributed by atoms with Gasteiger partial charge in [-0.3, -0.25) is 9.59 Å². The highest BCUT2D eigenvalue weighted by Crippen LogP contribution is 2.14. The lowest BCUT2D eigenvalue weighted by atomic mass is 10.1. The number of anilines is 1. The number of primary amides is 1. The van der Waals surface area contributed by atoms with Crippen LogP contribution in [0, 0.1) is 0 Å². The fourth-order valence-corrected chi connectivity index (χ4v) is 1.05. The zero-order valence-corrected chi connectivity index (χ0v) is 8.36. The van der Waals surface area contributed by atoms with Crippen LogP contribution in [0.25, 0.3) is 0 Å². The third-order valence-corrected chi connectivity index (χ3v) is 1.86. The van der Waals surface area contributed by atoms with Crippen LogP contribution in [-0.4, -0.2) is 17.9 Å². The van der Waals surface area contributed by atoms with Gasteiger partial charge in [0.15, 0.2) is 0 Å². The van der Waals surface area contributed by atoms with Crippen molar-refractivity contribution in [1.82, 2.24) is 0 Å². The second kappa shape index (κ2) is 4.56. The number of nitrogens with one attached hydrogen (secondary N) is 1. The fourth-order valence-electron chi connectivity index (χ4n) is 1.05. The molecule has 0 aromatic heterocycles. The average molecular weight is 207 g/mol. The van der Waals surface area contributed by atoms with Crippen molar-refractivity contribution in [3.05, 3.63) is 29.8 Å². The molecule has 1 aromatic rings. The van der Waals surface area contributed by atoms with Crippen molar-refractivity contribution < 1.29 is 9.59 Å². The highest BCUT2D eigenvalue weighted by atomic mass is 16.2. The molecule has 1 atom stereocenters. The van der Waals surface area contributed by atoms with Crippen molar-refractivity contribution in [2.24, 2.45) is 11.5 Å². The van der Waals surface area contributed by atoms with Crippen LogP contribution in [0.4, 0.5) is 5.69 Å². The van der Waals surface area contributed by atoms with Gasteiger partial charge in [0.1, 0.15) is 0 Å². The van der Waals surface area contributed by atoms with E-state index >= 15 is 0 Å². The molecule has 0 aliphatic rings. The number of carbonyl (C=O) groups excluding carboxylic acids is 2. The van der Waals surface area contributed by atoms with Crippen LogP contribution in [0.3, 0.4) is 0 Å². The smallest absolute Gasteiger partial charge is 0.250 e. The van der Waals surface area contributed by atoms with Crippen molar-refractivity contribution in [2.75, 3.05) is 5.32 Å². The third kappa shape index (κ3) is 2.78. The molecule has 0 fully saturated rings. The number of nitrogens with two attached hydrogens (primary N) is 2. The number of para-hydroxylation sites is 1. The van der Waals surface area contributed by atoms with Crippen molar-refractivity contribution in [1.29, 1.82) is 0 Å². The SMILES string of the molecule is C[C@H](N)C(=O)Nc1ccccc1C(N)=O. The minimum atomic E-state index is -0.633. The number of benzene rings is 1. The van der Waals surface area contributed by atoms with Gasteiger partial charge in [0.05, 0.1) is 17.3 Å². The Balaban J connectivity index is 2.94. The molecule has 0 saturated heterocycles. The maximum Gasteiger partial charge on any atom is 0.250 e. The summed E-state index contributed by atoms with van der Waals surface area (Å²) in [5.41, 5.74) is 11.2. The zero-order valence-electron chi connectivity index (χ0n) is 8.36. The minimum Gasteiger partial charge on any atom is -0.366 e. The van der Waals surface area contributed by atoms with Gasteiger partial charge in [0.2, 0.25) is 5.91 Å². The normalized spacial score (nSPS) is 11.9. The molecule has 5 heteroatoms. The first-order chi connectivity index (χ1) is 7.02. The van der Waals surface area contributed by atoms with E-state index < -0.39 is 11.9 Å². The Morgan fingerprint density at radius 3 is 2.47 bits per heavy atom. The molecule has 0 spiro atoms. The van der Waals surface area contributed by atoms with Gasteiger partial charge in [0.25, 0.3) is 5.91 Å². The van der Waals surface area contributed by atoms with Gasteiger partial charge >= 0.3 is 0 Å². The van der Waals surface area contributed by atoms with Gasteiger partial charge in [0, 0.05) is 0 Å². The van der Waals surface area contributed by atoms with Crippen LogP contribution in [0.1, 0.15) is 17.3 Å². The Labute approximate surface area is 87.4 Å². The van der Waals surface area contributed by atoms with Crippen LogP contribution < -0.4 is 16.8 Å².